The second-order valence-corrected chi connectivity index (χ2v) is 6.92. The molecule has 2 unspecified atom stereocenters. The fraction of sp³-hybridized carbons (Fsp3) is 0.810. The Labute approximate surface area is 169 Å². The van der Waals surface area contributed by atoms with Crippen LogP contribution in [0.4, 0.5) is 0 Å². The molecule has 0 aromatic heterocycles. The molecule has 0 bridgehead atoms. The summed E-state index contributed by atoms with van der Waals surface area (Å²) in [6, 6.07) is 0. The number of carbonyl (C=O) groups is 2. The van der Waals surface area contributed by atoms with E-state index in [9.17, 15) is 14.7 Å². The lowest BCUT2D eigenvalue weighted by Gasteiger charge is -2.11. The molecule has 6 N–H and O–H groups in total. The number of carbonyl (C=O) groups excluding carboxylic acids is 1. The summed E-state index contributed by atoms with van der Waals surface area (Å²) in [6.07, 6.45) is 15.1. The summed E-state index contributed by atoms with van der Waals surface area (Å²) in [5, 5.41) is 34.8. The molecule has 166 valence electrons. The number of ketones is 1. The minimum atomic E-state index is -1.52. The van der Waals surface area contributed by atoms with E-state index in [0.29, 0.717) is 0 Å². The molecule has 2 atom stereocenters. The van der Waals surface area contributed by atoms with E-state index in [0.717, 1.165) is 19.3 Å². The molecule has 0 aromatic rings. The van der Waals surface area contributed by atoms with E-state index in [-0.39, 0.29) is 6.54 Å². The van der Waals surface area contributed by atoms with Crippen LogP contribution in [0.5, 0.6) is 0 Å². The standard InChI is InChI=1S/C19H36O4.C2H5NO2/c1-2-3-4-5-6-7-8-9-10-11-12-13-14-15-17(21)19(23)18(22)16-20;3-1-2(4)5/h14-15,18-20,22-23H,2-13,16H2,1H3;1,3H2,(H,4,5). The number of aliphatic carboxylic acids is 1. The van der Waals surface area contributed by atoms with E-state index in [4.69, 9.17) is 15.3 Å². The molecule has 0 radical (unpaired) electrons. The van der Waals surface area contributed by atoms with E-state index in [1.165, 1.54) is 63.9 Å². The summed E-state index contributed by atoms with van der Waals surface area (Å²) in [5.74, 6) is -1.51. The summed E-state index contributed by atoms with van der Waals surface area (Å²) in [6.45, 7) is 1.35. The zero-order valence-corrected chi connectivity index (χ0v) is 17.4. The van der Waals surface area contributed by atoms with E-state index in [2.05, 4.69) is 12.7 Å². The first-order chi connectivity index (χ1) is 13.4. The second kappa shape index (κ2) is 22.0. The van der Waals surface area contributed by atoms with Crippen molar-refractivity contribution in [3.63, 3.8) is 0 Å². The van der Waals surface area contributed by atoms with E-state index in [1.54, 1.807) is 6.08 Å². The SMILES string of the molecule is CCCCCCCCCCCCCC=CC(=O)C(O)C(O)CO.NCC(=O)O. The Morgan fingerprint density at radius 1 is 0.893 bits per heavy atom. The number of aliphatic hydroxyl groups excluding tert-OH is 3. The highest BCUT2D eigenvalue weighted by molar-refractivity contribution is 5.93. The number of allylic oxidation sites excluding steroid dienone is 1. The molecule has 0 aromatic carbocycles. The molecule has 0 aliphatic carbocycles. The molecule has 0 spiro atoms. The number of rotatable bonds is 17. The minimum Gasteiger partial charge on any atom is -0.480 e. The van der Waals surface area contributed by atoms with Gasteiger partial charge in [0.2, 0.25) is 0 Å². The van der Waals surface area contributed by atoms with Crippen LogP contribution in [0, 0.1) is 0 Å². The van der Waals surface area contributed by atoms with Gasteiger partial charge in [-0.25, -0.2) is 0 Å². The van der Waals surface area contributed by atoms with Crippen LogP contribution in [0.2, 0.25) is 0 Å². The third-order valence-corrected chi connectivity index (χ3v) is 4.27. The normalized spacial score (nSPS) is 13.0. The highest BCUT2D eigenvalue weighted by Gasteiger charge is 2.20. The van der Waals surface area contributed by atoms with Gasteiger partial charge in [0.25, 0.3) is 0 Å². The minimum absolute atomic E-state index is 0.278. The molecular formula is C21H41NO6. The fourth-order valence-electron chi connectivity index (χ4n) is 2.51. The summed E-state index contributed by atoms with van der Waals surface area (Å²) in [5.41, 5.74) is 4.57. The van der Waals surface area contributed by atoms with Gasteiger partial charge in [-0.1, -0.05) is 77.2 Å². The predicted octanol–water partition coefficient (Wildman–Crippen LogP) is 2.56. The first-order valence-corrected chi connectivity index (χ1v) is 10.5. The van der Waals surface area contributed by atoms with Crippen molar-refractivity contribution in [3.8, 4) is 0 Å². The average Bonchev–Trinajstić information content (AvgIpc) is 2.70. The highest BCUT2D eigenvalue weighted by atomic mass is 16.4. The van der Waals surface area contributed by atoms with Gasteiger partial charge in [-0.15, -0.1) is 0 Å². The first-order valence-electron chi connectivity index (χ1n) is 10.5. The van der Waals surface area contributed by atoms with Crippen LogP contribution < -0.4 is 5.73 Å². The molecular weight excluding hydrogens is 362 g/mol. The Morgan fingerprint density at radius 3 is 1.71 bits per heavy atom. The Balaban J connectivity index is 0. The third kappa shape index (κ3) is 21.0. The van der Waals surface area contributed by atoms with E-state index >= 15 is 0 Å². The van der Waals surface area contributed by atoms with Crippen molar-refractivity contribution in [1.82, 2.24) is 0 Å². The number of unbranched alkanes of at least 4 members (excludes halogenated alkanes) is 11. The van der Waals surface area contributed by atoms with E-state index in [1.807, 2.05) is 0 Å². The van der Waals surface area contributed by atoms with Crippen molar-refractivity contribution >= 4 is 11.8 Å². The van der Waals surface area contributed by atoms with Crippen LogP contribution in [0.25, 0.3) is 0 Å². The molecule has 0 fully saturated rings. The first kappa shape index (κ1) is 28.9. The van der Waals surface area contributed by atoms with Gasteiger partial charge in [-0.05, 0) is 18.9 Å². The second-order valence-electron chi connectivity index (χ2n) is 6.92. The summed E-state index contributed by atoms with van der Waals surface area (Å²) in [7, 11) is 0. The number of nitrogens with two attached hydrogens (primary N) is 1. The molecule has 0 aliphatic rings. The molecule has 0 heterocycles. The zero-order valence-electron chi connectivity index (χ0n) is 17.4. The molecule has 0 saturated heterocycles. The molecule has 28 heavy (non-hydrogen) atoms. The van der Waals surface area contributed by atoms with Gasteiger partial charge in [-0.3, -0.25) is 9.59 Å². The van der Waals surface area contributed by atoms with Crippen LogP contribution in [-0.2, 0) is 9.59 Å². The van der Waals surface area contributed by atoms with Gasteiger partial charge in [0.15, 0.2) is 5.78 Å². The van der Waals surface area contributed by atoms with E-state index < -0.39 is 30.6 Å². The summed E-state index contributed by atoms with van der Waals surface area (Å²) >= 11 is 0. The van der Waals surface area contributed by atoms with Gasteiger partial charge >= 0.3 is 5.97 Å². The van der Waals surface area contributed by atoms with Gasteiger partial charge in [0.1, 0.15) is 12.2 Å². The summed E-state index contributed by atoms with van der Waals surface area (Å²) < 4.78 is 0. The Kier molecular flexibility index (Phi) is 22.7. The molecule has 7 heteroatoms. The van der Waals surface area contributed by atoms with Crippen LogP contribution >= 0.6 is 0 Å². The average molecular weight is 404 g/mol. The topological polar surface area (TPSA) is 141 Å². The lowest BCUT2D eigenvalue weighted by atomic mass is 10.0. The number of aliphatic hydroxyl groups is 3. The molecule has 7 nitrogen and oxygen atoms in total. The number of carboxylic acids is 1. The van der Waals surface area contributed by atoms with Crippen molar-refractivity contribution in [2.75, 3.05) is 13.2 Å². The maximum absolute atomic E-state index is 11.4. The fourth-order valence-corrected chi connectivity index (χ4v) is 2.51. The number of hydrogen-bond acceptors (Lipinski definition) is 6. The predicted molar refractivity (Wildman–Crippen MR) is 111 cm³/mol. The Hall–Kier alpha value is -1.28. The largest absolute Gasteiger partial charge is 0.480 e. The van der Waals surface area contributed by atoms with Crippen molar-refractivity contribution in [1.29, 1.82) is 0 Å². The van der Waals surface area contributed by atoms with Crippen molar-refractivity contribution in [3.05, 3.63) is 12.2 Å². The van der Waals surface area contributed by atoms with Crippen LogP contribution in [0.3, 0.4) is 0 Å². The van der Waals surface area contributed by atoms with Gasteiger partial charge in [0.05, 0.1) is 13.2 Å². The smallest absolute Gasteiger partial charge is 0.317 e. The highest BCUT2D eigenvalue weighted by Crippen LogP contribution is 2.12. The van der Waals surface area contributed by atoms with Crippen molar-refractivity contribution in [2.45, 2.75) is 96.2 Å². The number of hydrogen-bond donors (Lipinski definition) is 5. The number of carboxylic acid groups (broad SMARTS) is 1. The summed E-state index contributed by atoms with van der Waals surface area (Å²) in [4.78, 5) is 20.7. The Morgan fingerprint density at radius 2 is 1.32 bits per heavy atom. The Bertz CT molecular complexity index is 400. The monoisotopic (exact) mass is 403 g/mol. The van der Waals surface area contributed by atoms with Crippen LogP contribution in [-0.4, -0.2) is 57.5 Å². The molecule has 0 rings (SSSR count). The molecule has 0 saturated carbocycles. The van der Waals surface area contributed by atoms with Gasteiger partial charge < -0.3 is 26.2 Å². The zero-order chi connectivity index (χ0) is 21.6. The van der Waals surface area contributed by atoms with Gasteiger partial charge in [-0.2, -0.15) is 0 Å². The lowest BCUT2D eigenvalue weighted by molar-refractivity contribution is -0.135. The lowest BCUT2D eigenvalue weighted by Crippen LogP contribution is -2.35. The van der Waals surface area contributed by atoms with Crippen LogP contribution in [0.1, 0.15) is 84.0 Å². The molecule has 0 aliphatic heterocycles. The third-order valence-electron chi connectivity index (χ3n) is 4.27. The van der Waals surface area contributed by atoms with Crippen molar-refractivity contribution < 1.29 is 30.0 Å². The van der Waals surface area contributed by atoms with Gasteiger partial charge in [0, 0.05) is 0 Å². The van der Waals surface area contributed by atoms with Crippen molar-refractivity contribution in [2.24, 2.45) is 5.73 Å². The quantitative estimate of drug-likeness (QED) is 0.186. The molecule has 0 amide bonds. The maximum atomic E-state index is 11.4. The van der Waals surface area contributed by atoms with Crippen LogP contribution in [0.15, 0.2) is 12.2 Å². The maximum Gasteiger partial charge on any atom is 0.317 e.